The predicted octanol–water partition coefficient (Wildman–Crippen LogP) is 1.82. The normalized spacial score (nSPS) is 12.1. The van der Waals surface area contributed by atoms with Gasteiger partial charge in [-0.25, -0.2) is 9.89 Å². The van der Waals surface area contributed by atoms with Gasteiger partial charge in [0, 0.05) is 13.1 Å². The van der Waals surface area contributed by atoms with E-state index in [0.717, 1.165) is 12.8 Å². The van der Waals surface area contributed by atoms with Gasteiger partial charge in [0.15, 0.2) is 5.16 Å². The first-order valence-corrected chi connectivity index (χ1v) is 8.63. The number of aromatic amines is 1. The first-order chi connectivity index (χ1) is 11.1. The zero-order valence-electron chi connectivity index (χ0n) is 13.4. The molecule has 6 nitrogen and oxygen atoms in total. The summed E-state index contributed by atoms with van der Waals surface area (Å²) >= 11 is 1.29. The van der Waals surface area contributed by atoms with Gasteiger partial charge in [-0.3, -0.25) is 9.36 Å². The second-order valence-electron chi connectivity index (χ2n) is 5.25. The molecular weight excluding hydrogens is 312 g/mol. The van der Waals surface area contributed by atoms with Crippen LogP contribution < -0.4 is 11.0 Å². The maximum absolute atomic E-state index is 12.2. The van der Waals surface area contributed by atoms with Crippen molar-refractivity contribution in [2.75, 3.05) is 6.54 Å². The van der Waals surface area contributed by atoms with Gasteiger partial charge in [0.05, 0.1) is 5.25 Å². The fraction of sp³-hybridized carbons (Fsp3) is 0.438. The standard InChI is InChI=1S/C16H22N4O2S/c1-3-11-20-15(22)18-19-16(20)23-12(2)14(21)17-10-9-13-7-5-4-6-8-13/h4-8,12H,3,9-11H2,1-2H3,(H,17,21)(H,18,22)/t12-/m1/s1. The fourth-order valence-corrected chi connectivity index (χ4v) is 3.05. The Bertz CT molecular complexity index is 681. The molecule has 0 aliphatic rings. The highest BCUT2D eigenvalue weighted by Crippen LogP contribution is 2.19. The van der Waals surface area contributed by atoms with Gasteiger partial charge < -0.3 is 5.32 Å². The summed E-state index contributed by atoms with van der Waals surface area (Å²) < 4.78 is 1.57. The first kappa shape index (κ1) is 17.3. The summed E-state index contributed by atoms with van der Waals surface area (Å²) in [6.07, 6.45) is 1.64. The van der Waals surface area contributed by atoms with E-state index in [2.05, 4.69) is 15.5 Å². The van der Waals surface area contributed by atoms with Gasteiger partial charge in [-0.15, -0.1) is 5.10 Å². The molecule has 0 unspecified atom stereocenters. The van der Waals surface area contributed by atoms with Crippen LogP contribution in [0.3, 0.4) is 0 Å². The van der Waals surface area contributed by atoms with Crippen molar-refractivity contribution < 1.29 is 4.79 Å². The summed E-state index contributed by atoms with van der Waals surface area (Å²) in [7, 11) is 0. The van der Waals surface area contributed by atoms with Gasteiger partial charge in [-0.1, -0.05) is 49.0 Å². The third-order valence-corrected chi connectivity index (χ3v) is 4.47. The van der Waals surface area contributed by atoms with Gasteiger partial charge in [0.2, 0.25) is 5.91 Å². The van der Waals surface area contributed by atoms with Crippen LogP contribution in [0.2, 0.25) is 0 Å². The monoisotopic (exact) mass is 334 g/mol. The quantitative estimate of drug-likeness (QED) is 0.722. The van der Waals surface area contributed by atoms with Crippen molar-refractivity contribution in [3.8, 4) is 0 Å². The fourth-order valence-electron chi connectivity index (χ4n) is 2.14. The lowest BCUT2D eigenvalue weighted by molar-refractivity contribution is -0.120. The van der Waals surface area contributed by atoms with Crippen molar-refractivity contribution in [3.05, 3.63) is 46.4 Å². The maximum Gasteiger partial charge on any atom is 0.343 e. The molecule has 2 aromatic rings. The van der Waals surface area contributed by atoms with Crippen LogP contribution in [0.25, 0.3) is 0 Å². The number of hydrogen-bond acceptors (Lipinski definition) is 4. The lowest BCUT2D eigenvalue weighted by Gasteiger charge is -2.12. The van der Waals surface area contributed by atoms with E-state index in [4.69, 9.17) is 0 Å². The lowest BCUT2D eigenvalue weighted by atomic mass is 10.1. The molecule has 0 aliphatic heterocycles. The average Bonchev–Trinajstić information content (AvgIpc) is 2.89. The van der Waals surface area contributed by atoms with Crippen LogP contribution in [0.1, 0.15) is 25.8 Å². The molecule has 7 heteroatoms. The number of H-pyrrole nitrogens is 1. The Morgan fingerprint density at radius 3 is 2.83 bits per heavy atom. The third kappa shape index (κ3) is 4.99. The molecule has 0 saturated heterocycles. The summed E-state index contributed by atoms with van der Waals surface area (Å²) in [6, 6.07) is 10.0. The van der Waals surface area contributed by atoms with Crippen molar-refractivity contribution in [1.29, 1.82) is 0 Å². The lowest BCUT2D eigenvalue weighted by Crippen LogP contribution is -2.32. The van der Waals surface area contributed by atoms with Crippen molar-refractivity contribution in [2.24, 2.45) is 0 Å². The molecule has 0 saturated carbocycles. The van der Waals surface area contributed by atoms with Crippen LogP contribution in [-0.2, 0) is 17.8 Å². The molecule has 0 fully saturated rings. The molecule has 23 heavy (non-hydrogen) atoms. The van der Waals surface area contributed by atoms with E-state index in [0.29, 0.717) is 18.2 Å². The summed E-state index contributed by atoms with van der Waals surface area (Å²) in [5.74, 6) is -0.0515. The summed E-state index contributed by atoms with van der Waals surface area (Å²) in [4.78, 5) is 23.8. The van der Waals surface area contributed by atoms with Crippen LogP contribution in [0, 0.1) is 0 Å². The number of hydrogen-bond donors (Lipinski definition) is 2. The zero-order valence-corrected chi connectivity index (χ0v) is 14.2. The Kier molecular flexibility index (Phi) is 6.46. The number of rotatable bonds is 8. The van der Waals surface area contributed by atoms with E-state index in [1.807, 2.05) is 44.2 Å². The first-order valence-electron chi connectivity index (χ1n) is 7.75. The highest BCUT2D eigenvalue weighted by Gasteiger charge is 2.18. The van der Waals surface area contributed by atoms with Crippen molar-refractivity contribution in [3.63, 3.8) is 0 Å². The second-order valence-corrected chi connectivity index (χ2v) is 6.56. The smallest absolute Gasteiger partial charge is 0.343 e. The number of carbonyl (C=O) groups is 1. The highest BCUT2D eigenvalue weighted by molar-refractivity contribution is 8.00. The summed E-state index contributed by atoms with van der Waals surface area (Å²) in [6.45, 7) is 5.00. The van der Waals surface area contributed by atoms with Crippen molar-refractivity contribution in [2.45, 2.75) is 43.6 Å². The van der Waals surface area contributed by atoms with E-state index in [-0.39, 0.29) is 16.8 Å². The molecule has 0 bridgehead atoms. The SMILES string of the molecule is CCCn1c(S[C@H](C)C(=O)NCCc2ccccc2)n[nH]c1=O. The van der Waals surface area contributed by atoms with E-state index in [9.17, 15) is 9.59 Å². The van der Waals surface area contributed by atoms with Gasteiger partial charge in [-0.2, -0.15) is 0 Å². The zero-order chi connectivity index (χ0) is 16.7. The minimum Gasteiger partial charge on any atom is -0.355 e. The number of thioether (sulfide) groups is 1. The molecule has 124 valence electrons. The second kappa shape index (κ2) is 8.57. The van der Waals surface area contributed by atoms with Gasteiger partial charge >= 0.3 is 5.69 Å². The Labute approximate surface area is 139 Å². The molecule has 1 aromatic heterocycles. The molecule has 0 aliphatic carbocycles. The van der Waals surface area contributed by atoms with E-state index in [1.165, 1.54) is 17.3 Å². The van der Waals surface area contributed by atoms with Crippen LogP contribution in [0.4, 0.5) is 0 Å². The Balaban J connectivity index is 1.84. The minimum atomic E-state index is -0.309. The highest BCUT2D eigenvalue weighted by atomic mass is 32.2. The van der Waals surface area contributed by atoms with Crippen molar-refractivity contribution >= 4 is 17.7 Å². The minimum absolute atomic E-state index is 0.0515. The molecule has 2 N–H and O–H groups in total. The van der Waals surface area contributed by atoms with E-state index in [1.54, 1.807) is 4.57 Å². The molecule has 1 amide bonds. The predicted molar refractivity (Wildman–Crippen MR) is 91.6 cm³/mol. The van der Waals surface area contributed by atoms with Crippen molar-refractivity contribution in [1.82, 2.24) is 20.1 Å². The Hall–Kier alpha value is -2.02. The number of benzene rings is 1. The molecule has 0 radical (unpaired) electrons. The number of carbonyl (C=O) groups excluding carboxylic acids is 1. The maximum atomic E-state index is 12.2. The van der Waals surface area contributed by atoms with Gasteiger partial charge in [-0.05, 0) is 25.3 Å². The Morgan fingerprint density at radius 1 is 1.39 bits per heavy atom. The van der Waals surface area contributed by atoms with Crippen LogP contribution in [0.15, 0.2) is 40.3 Å². The Morgan fingerprint density at radius 2 is 2.13 bits per heavy atom. The third-order valence-electron chi connectivity index (χ3n) is 3.38. The van der Waals surface area contributed by atoms with Crippen LogP contribution in [0.5, 0.6) is 0 Å². The number of aromatic nitrogens is 3. The molecule has 1 heterocycles. The average molecular weight is 334 g/mol. The van der Waals surface area contributed by atoms with E-state index >= 15 is 0 Å². The largest absolute Gasteiger partial charge is 0.355 e. The molecule has 1 atom stereocenters. The summed E-state index contributed by atoms with van der Waals surface area (Å²) in [5.41, 5.74) is 0.961. The van der Waals surface area contributed by atoms with Crippen LogP contribution >= 0.6 is 11.8 Å². The van der Waals surface area contributed by atoms with Gasteiger partial charge in [0.1, 0.15) is 0 Å². The molecule has 0 spiro atoms. The topological polar surface area (TPSA) is 79.8 Å². The summed E-state index contributed by atoms with van der Waals surface area (Å²) in [5, 5.41) is 9.60. The number of nitrogens with one attached hydrogen (secondary N) is 2. The number of nitrogens with zero attached hydrogens (tertiary/aromatic N) is 2. The molecule has 1 aromatic carbocycles. The van der Waals surface area contributed by atoms with E-state index < -0.39 is 0 Å². The van der Waals surface area contributed by atoms with Crippen LogP contribution in [-0.4, -0.2) is 32.5 Å². The van der Waals surface area contributed by atoms with Gasteiger partial charge in [0.25, 0.3) is 0 Å². The molecular formula is C16H22N4O2S. The number of amides is 1. The molecule has 2 rings (SSSR count).